The Morgan fingerprint density at radius 3 is 2.76 bits per heavy atom. The van der Waals surface area contributed by atoms with Crippen molar-refractivity contribution < 1.29 is 22.4 Å². The van der Waals surface area contributed by atoms with Crippen LogP contribution in [0.5, 0.6) is 0 Å². The van der Waals surface area contributed by atoms with Crippen LogP contribution in [0.2, 0.25) is 0 Å². The van der Waals surface area contributed by atoms with Crippen molar-refractivity contribution in [2.75, 3.05) is 27.0 Å². The summed E-state index contributed by atoms with van der Waals surface area (Å²) in [6.07, 6.45) is 0. The van der Waals surface area contributed by atoms with Crippen molar-refractivity contribution in [1.82, 2.24) is 9.29 Å². The van der Waals surface area contributed by atoms with Gasteiger partial charge in [-0.15, -0.1) is 0 Å². The van der Waals surface area contributed by atoms with Gasteiger partial charge in [-0.1, -0.05) is 11.8 Å². The summed E-state index contributed by atoms with van der Waals surface area (Å²) in [6, 6.07) is 4.44. The van der Waals surface area contributed by atoms with Crippen molar-refractivity contribution in [3.05, 3.63) is 18.2 Å². The summed E-state index contributed by atoms with van der Waals surface area (Å²) in [4.78, 5) is 15.4. The quantitative estimate of drug-likeness (QED) is 0.603. The molecule has 0 aliphatic heterocycles. The topological polar surface area (TPSA) is 89.7 Å². The number of methoxy groups -OCH3 is 1. The second kappa shape index (κ2) is 6.04. The Morgan fingerprint density at radius 1 is 1.43 bits per heavy atom. The smallest absolute Gasteiger partial charge is 0.316 e. The van der Waals surface area contributed by atoms with Crippen molar-refractivity contribution in [2.24, 2.45) is 0 Å². The molecule has 9 heteroatoms. The standard InChI is InChI=1S/C12H14N2O5S2/c1-14(2)21(16,17)8-4-5-10-9(6-8)13-12(19-10)20-7-11(15)18-3/h4-6H,7H2,1-3H3. The third-order valence-electron chi connectivity index (χ3n) is 2.66. The van der Waals surface area contributed by atoms with E-state index in [4.69, 9.17) is 4.42 Å². The van der Waals surface area contributed by atoms with E-state index in [2.05, 4.69) is 9.72 Å². The molecule has 2 rings (SSSR count). The van der Waals surface area contributed by atoms with Crippen molar-refractivity contribution in [3.63, 3.8) is 0 Å². The maximum atomic E-state index is 12.0. The zero-order chi connectivity index (χ0) is 15.6. The fourth-order valence-corrected chi connectivity index (χ4v) is 3.09. The second-order valence-corrected chi connectivity index (χ2v) is 7.34. The molecular formula is C12H14N2O5S2. The number of hydrogen-bond donors (Lipinski definition) is 0. The van der Waals surface area contributed by atoms with E-state index < -0.39 is 16.0 Å². The van der Waals surface area contributed by atoms with Crippen molar-refractivity contribution in [1.29, 1.82) is 0 Å². The number of hydrogen-bond acceptors (Lipinski definition) is 7. The van der Waals surface area contributed by atoms with Gasteiger partial charge in [0, 0.05) is 14.1 Å². The molecule has 0 radical (unpaired) electrons. The Balaban J connectivity index is 2.31. The number of fused-ring (bicyclic) bond motifs is 1. The average molecular weight is 330 g/mol. The molecule has 2 aromatic rings. The number of nitrogens with zero attached hydrogens (tertiary/aromatic N) is 2. The maximum absolute atomic E-state index is 12.0. The van der Waals surface area contributed by atoms with Crippen LogP contribution in [0.3, 0.4) is 0 Å². The summed E-state index contributed by atoms with van der Waals surface area (Å²) in [5.74, 6) is -0.315. The molecule has 1 aromatic heterocycles. The van der Waals surface area contributed by atoms with Gasteiger partial charge in [0.1, 0.15) is 11.3 Å². The Morgan fingerprint density at radius 2 is 2.14 bits per heavy atom. The number of esters is 1. The van der Waals surface area contributed by atoms with Crippen LogP contribution < -0.4 is 0 Å². The maximum Gasteiger partial charge on any atom is 0.316 e. The number of carbonyl (C=O) groups is 1. The fraction of sp³-hybridized carbons (Fsp3) is 0.333. The fourth-order valence-electron chi connectivity index (χ4n) is 1.50. The summed E-state index contributed by atoms with van der Waals surface area (Å²) in [5, 5.41) is 0.287. The Labute approximate surface area is 126 Å². The summed E-state index contributed by atoms with van der Waals surface area (Å²) in [6.45, 7) is 0. The first-order valence-electron chi connectivity index (χ1n) is 5.87. The van der Waals surface area contributed by atoms with Gasteiger partial charge in [-0.25, -0.2) is 17.7 Å². The highest BCUT2D eigenvalue weighted by Gasteiger charge is 2.19. The first kappa shape index (κ1) is 15.8. The highest BCUT2D eigenvalue weighted by atomic mass is 32.2. The lowest BCUT2D eigenvalue weighted by molar-refractivity contribution is -0.137. The Kier molecular flexibility index (Phi) is 4.55. The third-order valence-corrected chi connectivity index (χ3v) is 5.27. The minimum absolute atomic E-state index is 0.0756. The molecule has 114 valence electrons. The minimum Gasteiger partial charge on any atom is -0.468 e. The van der Waals surface area contributed by atoms with Gasteiger partial charge in [-0.2, -0.15) is 0 Å². The van der Waals surface area contributed by atoms with Gasteiger partial charge >= 0.3 is 5.97 Å². The molecule has 7 nitrogen and oxygen atoms in total. The number of aromatic nitrogens is 1. The normalized spacial score (nSPS) is 12.0. The second-order valence-electron chi connectivity index (χ2n) is 4.26. The molecule has 0 saturated carbocycles. The van der Waals surface area contributed by atoms with Crippen LogP contribution >= 0.6 is 11.8 Å². The van der Waals surface area contributed by atoms with Gasteiger partial charge in [0.2, 0.25) is 10.0 Å². The highest BCUT2D eigenvalue weighted by molar-refractivity contribution is 7.99. The van der Waals surface area contributed by atoms with E-state index >= 15 is 0 Å². The highest BCUT2D eigenvalue weighted by Crippen LogP contribution is 2.26. The summed E-state index contributed by atoms with van der Waals surface area (Å²) >= 11 is 1.09. The van der Waals surface area contributed by atoms with Crippen LogP contribution in [0.15, 0.2) is 32.7 Å². The third kappa shape index (κ3) is 3.36. The molecule has 0 amide bonds. The zero-order valence-corrected chi connectivity index (χ0v) is 13.3. The average Bonchev–Trinajstić information content (AvgIpc) is 2.86. The number of thioether (sulfide) groups is 1. The van der Waals surface area contributed by atoms with E-state index in [0.29, 0.717) is 11.1 Å². The lowest BCUT2D eigenvalue weighted by Gasteiger charge is -2.10. The minimum atomic E-state index is -3.52. The number of sulfonamides is 1. The molecule has 0 aliphatic rings. The largest absolute Gasteiger partial charge is 0.468 e. The lowest BCUT2D eigenvalue weighted by atomic mass is 10.3. The molecule has 0 spiro atoms. The van der Waals surface area contributed by atoms with Gasteiger partial charge in [0.05, 0.1) is 12.0 Å². The van der Waals surface area contributed by atoms with Crippen LogP contribution in [0.1, 0.15) is 0 Å². The number of benzene rings is 1. The molecule has 0 bridgehead atoms. The van der Waals surface area contributed by atoms with E-state index in [1.165, 1.54) is 33.3 Å². The molecule has 0 fully saturated rings. The van der Waals surface area contributed by atoms with Gasteiger partial charge in [0.25, 0.3) is 5.22 Å². The van der Waals surface area contributed by atoms with Crippen LogP contribution in [0.4, 0.5) is 0 Å². The number of rotatable bonds is 5. The zero-order valence-electron chi connectivity index (χ0n) is 11.7. The van der Waals surface area contributed by atoms with Gasteiger partial charge in [-0.3, -0.25) is 4.79 Å². The summed E-state index contributed by atoms with van der Waals surface area (Å²) in [5.41, 5.74) is 0.880. The van der Waals surface area contributed by atoms with Crippen molar-refractivity contribution in [2.45, 2.75) is 10.1 Å². The number of ether oxygens (including phenoxy) is 1. The van der Waals surface area contributed by atoms with Crippen molar-refractivity contribution >= 4 is 38.9 Å². The van der Waals surface area contributed by atoms with Crippen LogP contribution in [0, 0.1) is 0 Å². The van der Waals surface area contributed by atoms with E-state index in [1.807, 2.05) is 0 Å². The molecule has 0 N–H and O–H groups in total. The molecular weight excluding hydrogens is 316 g/mol. The molecule has 0 atom stereocenters. The van der Waals surface area contributed by atoms with Crippen LogP contribution in [-0.2, 0) is 19.6 Å². The molecule has 0 unspecified atom stereocenters. The van der Waals surface area contributed by atoms with Crippen molar-refractivity contribution in [3.8, 4) is 0 Å². The first-order chi connectivity index (χ1) is 9.84. The predicted octanol–water partition coefficient (Wildman–Crippen LogP) is 1.34. The Bertz CT molecular complexity index is 767. The van der Waals surface area contributed by atoms with E-state index in [1.54, 1.807) is 6.07 Å². The van der Waals surface area contributed by atoms with E-state index in [9.17, 15) is 13.2 Å². The van der Waals surface area contributed by atoms with Gasteiger partial charge in [-0.05, 0) is 18.2 Å². The molecule has 21 heavy (non-hydrogen) atoms. The lowest BCUT2D eigenvalue weighted by Crippen LogP contribution is -2.22. The van der Waals surface area contributed by atoms with E-state index in [-0.39, 0.29) is 15.9 Å². The SMILES string of the molecule is COC(=O)CSc1nc2cc(S(=O)(=O)N(C)C)ccc2o1. The number of oxazole rings is 1. The number of carbonyl (C=O) groups excluding carboxylic acids is 1. The molecule has 1 heterocycles. The van der Waals surface area contributed by atoms with Crippen LogP contribution in [-0.4, -0.2) is 50.6 Å². The summed E-state index contributed by atoms with van der Waals surface area (Å²) in [7, 11) is 0.698. The monoisotopic (exact) mass is 330 g/mol. The first-order valence-corrected chi connectivity index (χ1v) is 8.30. The van der Waals surface area contributed by atoms with Crippen LogP contribution in [0.25, 0.3) is 11.1 Å². The summed E-state index contributed by atoms with van der Waals surface area (Å²) < 4.78 is 35.1. The molecule has 0 aliphatic carbocycles. The molecule has 1 aromatic carbocycles. The van der Waals surface area contributed by atoms with Gasteiger partial charge in [0.15, 0.2) is 5.58 Å². The van der Waals surface area contributed by atoms with Gasteiger partial charge < -0.3 is 9.15 Å². The predicted molar refractivity (Wildman–Crippen MR) is 77.6 cm³/mol. The Hall–Kier alpha value is -1.58. The van der Waals surface area contributed by atoms with E-state index in [0.717, 1.165) is 16.1 Å². The molecule has 0 saturated heterocycles.